The minimum atomic E-state index is 0.0989. The molecule has 0 spiro atoms. The van der Waals surface area contributed by atoms with Gasteiger partial charge in [0.05, 0.1) is 0 Å². The second-order valence-corrected chi connectivity index (χ2v) is 4.88. The number of thiazole rings is 1. The fraction of sp³-hybridized carbons (Fsp3) is 0.455. The molecule has 0 amide bonds. The molecule has 3 nitrogen and oxygen atoms in total. The molecule has 0 fully saturated rings. The van der Waals surface area contributed by atoms with E-state index in [9.17, 15) is 4.79 Å². The standard InChI is InChI=1S/C11H14N2OS/c1-5-9-6(2)12-11-13(10(9)14)7(3)8(4)15-11/h5H2,1-4H3. The molecule has 2 heterocycles. The molecule has 2 rings (SSSR count). The van der Waals surface area contributed by atoms with Crippen molar-refractivity contribution in [2.45, 2.75) is 34.1 Å². The number of nitrogens with zero attached hydrogens (tertiary/aromatic N) is 2. The molecule has 0 saturated heterocycles. The summed E-state index contributed by atoms with van der Waals surface area (Å²) in [6.07, 6.45) is 0.745. The van der Waals surface area contributed by atoms with Gasteiger partial charge in [0.1, 0.15) is 0 Å². The fourth-order valence-corrected chi connectivity index (χ4v) is 2.78. The van der Waals surface area contributed by atoms with Crippen LogP contribution >= 0.6 is 11.3 Å². The normalized spacial score (nSPS) is 11.2. The van der Waals surface area contributed by atoms with E-state index in [0.29, 0.717) is 0 Å². The third-order valence-electron chi connectivity index (χ3n) is 2.80. The monoisotopic (exact) mass is 222 g/mol. The largest absolute Gasteiger partial charge is 0.269 e. The molecule has 2 aromatic heterocycles. The van der Waals surface area contributed by atoms with Crippen molar-refractivity contribution in [1.29, 1.82) is 0 Å². The Hall–Kier alpha value is -1.16. The van der Waals surface area contributed by atoms with E-state index in [-0.39, 0.29) is 5.56 Å². The van der Waals surface area contributed by atoms with E-state index in [4.69, 9.17) is 0 Å². The first-order valence-electron chi connectivity index (χ1n) is 5.04. The SMILES string of the molecule is CCc1c(C)nc2sc(C)c(C)n2c1=O. The van der Waals surface area contributed by atoms with Crippen LogP contribution in [0.2, 0.25) is 0 Å². The minimum absolute atomic E-state index is 0.0989. The minimum Gasteiger partial charge on any atom is -0.269 e. The summed E-state index contributed by atoms with van der Waals surface area (Å²) >= 11 is 1.58. The zero-order chi connectivity index (χ0) is 11.2. The van der Waals surface area contributed by atoms with Crippen LogP contribution in [0.25, 0.3) is 4.96 Å². The topological polar surface area (TPSA) is 34.4 Å². The molecular formula is C11H14N2OS. The summed E-state index contributed by atoms with van der Waals surface area (Å²) in [4.78, 5) is 18.6. The Bertz CT molecular complexity index is 580. The van der Waals surface area contributed by atoms with Crippen LogP contribution in [0.1, 0.15) is 28.8 Å². The van der Waals surface area contributed by atoms with Gasteiger partial charge in [-0.2, -0.15) is 0 Å². The van der Waals surface area contributed by atoms with E-state index in [2.05, 4.69) is 4.98 Å². The highest BCUT2D eigenvalue weighted by atomic mass is 32.1. The Morgan fingerprint density at radius 1 is 1.33 bits per heavy atom. The molecule has 4 heteroatoms. The molecule has 15 heavy (non-hydrogen) atoms. The van der Waals surface area contributed by atoms with Crippen molar-refractivity contribution in [2.75, 3.05) is 0 Å². The van der Waals surface area contributed by atoms with Gasteiger partial charge >= 0.3 is 0 Å². The molecule has 0 unspecified atom stereocenters. The first-order valence-corrected chi connectivity index (χ1v) is 5.86. The summed E-state index contributed by atoms with van der Waals surface area (Å²) in [5, 5.41) is 0. The van der Waals surface area contributed by atoms with Gasteiger partial charge in [0, 0.05) is 21.8 Å². The Balaban J connectivity index is 2.99. The van der Waals surface area contributed by atoms with Crippen LogP contribution in [0.4, 0.5) is 0 Å². The van der Waals surface area contributed by atoms with Gasteiger partial charge in [-0.3, -0.25) is 9.20 Å². The molecule has 0 aromatic carbocycles. The van der Waals surface area contributed by atoms with Gasteiger partial charge in [0.15, 0.2) is 4.96 Å². The Morgan fingerprint density at radius 3 is 2.60 bits per heavy atom. The van der Waals surface area contributed by atoms with Crippen molar-refractivity contribution in [3.63, 3.8) is 0 Å². The van der Waals surface area contributed by atoms with Gasteiger partial charge < -0.3 is 0 Å². The molecular weight excluding hydrogens is 208 g/mol. The summed E-state index contributed by atoms with van der Waals surface area (Å²) in [6.45, 7) is 7.89. The molecule has 0 radical (unpaired) electrons. The first kappa shape index (κ1) is 10.4. The molecule has 2 aromatic rings. The third kappa shape index (κ3) is 1.40. The summed E-state index contributed by atoms with van der Waals surface area (Å²) < 4.78 is 1.73. The van der Waals surface area contributed by atoms with Gasteiger partial charge in [-0.25, -0.2) is 4.98 Å². The maximum absolute atomic E-state index is 12.1. The highest BCUT2D eigenvalue weighted by molar-refractivity contribution is 7.17. The second kappa shape index (κ2) is 3.45. The summed E-state index contributed by atoms with van der Waals surface area (Å²) in [6, 6.07) is 0. The van der Waals surface area contributed by atoms with Crippen molar-refractivity contribution < 1.29 is 0 Å². The van der Waals surface area contributed by atoms with Crippen molar-refractivity contribution in [3.8, 4) is 0 Å². The lowest BCUT2D eigenvalue weighted by Gasteiger charge is -2.02. The maximum Gasteiger partial charge on any atom is 0.262 e. The number of aromatic nitrogens is 2. The van der Waals surface area contributed by atoms with E-state index in [0.717, 1.165) is 33.2 Å². The summed E-state index contributed by atoms with van der Waals surface area (Å²) in [5.41, 5.74) is 2.81. The van der Waals surface area contributed by atoms with Crippen molar-refractivity contribution >= 4 is 16.3 Å². The van der Waals surface area contributed by atoms with E-state index >= 15 is 0 Å². The Labute approximate surface area is 92.4 Å². The quantitative estimate of drug-likeness (QED) is 0.741. The zero-order valence-corrected chi connectivity index (χ0v) is 10.2. The first-order chi connectivity index (χ1) is 7.06. The predicted molar refractivity (Wildman–Crippen MR) is 62.9 cm³/mol. The molecule has 0 N–H and O–H groups in total. The van der Waals surface area contributed by atoms with Crippen molar-refractivity contribution in [2.24, 2.45) is 0 Å². The van der Waals surface area contributed by atoms with Gasteiger partial charge in [-0.1, -0.05) is 6.92 Å². The average molecular weight is 222 g/mol. The number of rotatable bonds is 1. The van der Waals surface area contributed by atoms with Gasteiger partial charge in [0.2, 0.25) is 0 Å². The van der Waals surface area contributed by atoms with Crippen LogP contribution in [0.15, 0.2) is 4.79 Å². The molecule has 0 bridgehead atoms. The summed E-state index contributed by atoms with van der Waals surface area (Å²) in [5.74, 6) is 0. The smallest absolute Gasteiger partial charge is 0.262 e. The lowest BCUT2D eigenvalue weighted by molar-refractivity contribution is 0.926. The van der Waals surface area contributed by atoms with Crippen LogP contribution in [0.5, 0.6) is 0 Å². The van der Waals surface area contributed by atoms with Crippen LogP contribution in [0, 0.1) is 20.8 Å². The van der Waals surface area contributed by atoms with Crippen molar-refractivity contribution in [1.82, 2.24) is 9.38 Å². The van der Waals surface area contributed by atoms with Crippen LogP contribution < -0.4 is 5.56 Å². The highest BCUT2D eigenvalue weighted by Crippen LogP contribution is 2.19. The lowest BCUT2D eigenvalue weighted by Crippen LogP contribution is -2.20. The van der Waals surface area contributed by atoms with Gasteiger partial charge in [-0.05, 0) is 27.2 Å². The third-order valence-corrected chi connectivity index (χ3v) is 3.85. The molecule has 80 valence electrons. The molecule has 0 aliphatic heterocycles. The Morgan fingerprint density at radius 2 is 2.00 bits per heavy atom. The zero-order valence-electron chi connectivity index (χ0n) is 9.42. The molecule has 0 aliphatic rings. The number of hydrogen-bond acceptors (Lipinski definition) is 3. The average Bonchev–Trinajstić information content (AvgIpc) is 2.43. The van der Waals surface area contributed by atoms with E-state index in [1.54, 1.807) is 15.7 Å². The van der Waals surface area contributed by atoms with Crippen LogP contribution in [-0.4, -0.2) is 9.38 Å². The van der Waals surface area contributed by atoms with Gasteiger partial charge in [-0.15, -0.1) is 11.3 Å². The highest BCUT2D eigenvalue weighted by Gasteiger charge is 2.12. The van der Waals surface area contributed by atoms with Crippen LogP contribution in [-0.2, 0) is 6.42 Å². The number of fused-ring (bicyclic) bond motifs is 1. The van der Waals surface area contributed by atoms with Gasteiger partial charge in [0.25, 0.3) is 5.56 Å². The van der Waals surface area contributed by atoms with E-state index in [1.807, 2.05) is 27.7 Å². The number of aryl methyl sites for hydroxylation is 3. The van der Waals surface area contributed by atoms with E-state index < -0.39 is 0 Å². The maximum atomic E-state index is 12.1. The molecule has 0 atom stereocenters. The van der Waals surface area contributed by atoms with E-state index in [1.165, 1.54) is 0 Å². The second-order valence-electron chi connectivity index (χ2n) is 3.70. The Kier molecular flexibility index (Phi) is 2.38. The predicted octanol–water partition coefficient (Wildman–Crippen LogP) is 2.24. The number of hydrogen-bond donors (Lipinski definition) is 0. The molecule has 0 aliphatic carbocycles. The molecule has 0 saturated carbocycles. The van der Waals surface area contributed by atoms with Crippen LogP contribution in [0.3, 0.4) is 0 Å². The summed E-state index contributed by atoms with van der Waals surface area (Å²) in [7, 11) is 0. The fourth-order valence-electron chi connectivity index (χ4n) is 1.78. The van der Waals surface area contributed by atoms with Crippen molar-refractivity contribution in [3.05, 3.63) is 32.2 Å². The lowest BCUT2D eigenvalue weighted by atomic mass is 10.2.